The molecule has 7 heteroatoms. The zero-order chi connectivity index (χ0) is 4.50. The van der Waals surface area contributed by atoms with Gasteiger partial charge in [-0.2, -0.15) is 0 Å². The summed E-state index contributed by atoms with van der Waals surface area (Å²) in [5, 5.41) is 0. The van der Waals surface area contributed by atoms with Crippen LogP contribution in [-0.2, 0) is 40.7 Å². The van der Waals surface area contributed by atoms with Crippen molar-refractivity contribution in [3.63, 3.8) is 0 Å². The third-order valence-corrected chi connectivity index (χ3v) is 0. The Morgan fingerprint density at radius 3 is 1.29 bits per heavy atom. The normalized spacial score (nSPS) is 8.29. The van der Waals surface area contributed by atoms with E-state index in [-0.39, 0.29) is 71.2 Å². The second-order valence-electron chi connectivity index (χ2n) is 0.448. The molecule has 0 heterocycles. The Balaban J connectivity index is -0.0000000133. The van der Waals surface area contributed by atoms with Crippen LogP contribution in [0.1, 0.15) is 2.85 Å². The number of hydrogen-bond donors (Lipinski definition) is 2. The third kappa shape index (κ3) is 63.7. The van der Waals surface area contributed by atoms with Crippen molar-refractivity contribution in [2.24, 2.45) is 0 Å². The smallest absolute Gasteiger partial charge is 0 e. The standard InChI is InChI=1S/Ba.Cr.2H2O.2O.Zn.2H/h;;2*1H2;;;;;/q2*+2;;;;;;2*-1/p-2. The summed E-state index contributed by atoms with van der Waals surface area (Å²) < 4.78 is 31.9. The molecule has 0 amide bonds. The van der Waals surface area contributed by atoms with Crippen LogP contribution in [0, 0.1) is 0 Å². The molecule has 4 nitrogen and oxygen atoms in total. The third-order valence-electron chi connectivity index (χ3n) is 0. The van der Waals surface area contributed by atoms with E-state index in [4.69, 9.17) is 15.9 Å². The molecule has 0 atom stereocenters. The molecule has 0 fully saturated rings. The maximum atomic E-state index is 8.82. The fourth-order valence-corrected chi connectivity index (χ4v) is 0. The van der Waals surface area contributed by atoms with Gasteiger partial charge in [-0.25, -0.2) is 0 Å². The Morgan fingerprint density at radius 1 is 1.29 bits per heavy atom. The van der Waals surface area contributed by atoms with Gasteiger partial charge in [0, 0.05) is 19.5 Å². The molecule has 38 valence electrons. The predicted octanol–water partition coefficient (Wildman–Crippen LogP) is -1.51. The van der Waals surface area contributed by atoms with Gasteiger partial charge in [-0.3, -0.25) is 0 Å². The molecular weight excluding hydrogens is 319 g/mol. The van der Waals surface area contributed by atoms with E-state index in [2.05, 4.69) is 0 Å². The summed E-state index contributed by atoms with van der Waals surface area (Å²) in [6, 6.07) is 0. The molecule has 0 saturated carbocycles. The van der Waals surface area contributed by atoms with Crippen molar-refractivity contribution in [1.29, 1.82) is 0 Å². The summed E-state index contributed by atoms with van der Waals surface area (Å²) >= 11 is -5.25. The first-order valence-corrected chi connectivity index (χ1v) is 2.88. The second kappa shape index (κ2) is 6.37. The quantitative estimate of drug-likeness (QED) is 0.532. The first-order valence-electron chi connectivity index (χ1n) is 0.698. The van der Waals surface area contributed by atoms with E-state index in [0.717, 1.165) is 0 Å². The fourth-order valence-electron chi connectivity index (χ4n) is 0. The molecule has 0 unspecified atom stereocenters. The summed E-state index contributed by atoms with van der Waals surface area (Å²) in [5.74, 6) is 0. The van der Waals surface area contributed by atoms with Gasteiger partial charge in [0.1, 0.15) is 0 Å². The summed E-state index contributed by atoms with van der Waals surface area (Å²) in [4.78, 5) is 0. The Kier molecular flexibility index (Phi) is 14.7. The first kappa shape index (κ1) is 16.1. The van der Waals surface area contributed by atoms with E-state index >= 15 is 0 Å². The van der Waals surface area contributed by atoms with Crippen molar-refractivity contribution in [1.82, 2.24) is 0 Å². The van der Waals surface area contributed by atoms with E-state index < -0.39 is 13.6 Å². The molecule has 0 rings (SSSR count). The van der Waals surface area contributed by atoms with Gasteiger partial charge < -0.3 is 2.85 Å². The van der Waals surface area contributed by atoms with Crippen molar-refractivity contribution in [3.05, 3.63) is 0 Å². The average molecular weight is 323 g/mol. The fraction of sp³-hybridized carbons (Fsp3) is 0. The SMILES string of the molecule is [Ba+2].[H-].[H-].[O]=[Cr](=[O])([OH])[OH].[Zn]. The van der Waals surface area contributed by atoms with Crippen LogP contribution < -0.4 is 0 Å². The van der Waals surface area contributed by atoms with Gasteiger partial charge in [0.05, 0.1) is 0 Å². The summed E-state index contributed by atoms with van der Waals surface area (Å²) in [7, 11) is 0. The van der Waals surface area contributed by atoms with Gasteiger partial charge in [0.2, 0.25) is 0 Å². The van der Waals surface area contributed by atoms with E-state index in [1.807, 2.05) is 0 Å². The van der Waals surface area contributed by atoms with Crippen LogP contribution >= 0.6 is 0 Å². The molecule has 0 spiro atoms. The van der Waals surface area contributed by atoms with Gasteiger partial charge in [-0.05, 0) is 0 Å². The van der Waals surface area contributed by atoms with Crippen molar-refractivity contribution < 1.29 is 51.9 Å². The Morgan fingerprint density at radius 2 is 1.29 bits per heavy atom. The molecule has 7 heavy (non-hydrogen) atoms. The topological polar surface area (TPSA) is 74.6 Å². The van der Waals surface area contributed by atoms with Crippen LogP contribution in [-0.4, -0.2) is 57.2 Å². The molecule has 0 aromatic rings. The van der Waals surface area contributed by atoms with E-state index in [1.54, 1.807) is 0 Å². The van der Waals surface area contributed by atoms with E-state index in [1.165, 1.54) is 0 Å². The molecule has 0 aliphatic rings. The average Bonchev–Trinajstić information content (AvgIpc) is 0.722. The molecule has 0 aliphatic carbocycles. The molecule has 0 aliphatic heterocycles. The zero-order valence-corrected chi connectivity index (χ0v) is 12.2. The summed E-state index contributed by atoms with van der Waals surface area (Å²) in [6.45, 7) is 0. The Bertz CT molecular complexity index is 102. The van der Waals surface area contributed by atoms with Crippen LogP contribution in [0.4, 0.5) is 0 Å². The maximum Gasteiger partial charge on any atom is 0 e. The van der Waals surface area contributed by atoms with Gasteiger partial charge >= 0.3 is 78.4 Å². The number of rotatable bonds is 0. The summed E-state index contributed by atoms with van der Waals surface area (Å²) in [6.07, 6.45) is 0. The van der Waals surface area contributed by atoms with Crippen LogP contribution in [0.5, 0.6) is 0 Å². The van der Waals surface area contributed by atoms with Crippen LogP contribution in [0.25, 0.3) is 0 Å². The van der Waals surface area contributed by atoms with E-state index in [9.17, 15) is 0 Å². The first-order chi connectivity index (χ1) is 2.00. The monoisotopic (exact) mass is 322 g/mol. The molecule has 2 N–H and O–H groups in total. The van der Waals surface area contributed by atoms with E-state index in [0.29, 0.717) is 0 Å². The largest absolute Gasteiger partial charge is 0 e. The van der Waals surface area contributed by atoms with Crippen LogP contribution in [0.15, 0.2) is 0 Å². The van der Waals surface area contributed by atoms with Gasteiger partial charge in [0.25, 0.3) is 0 Å². The van der Waals surface area contributed by atoms with Crippen molar-refractivity contribution >= 4 is 48.9 Å². The van der Waals surface area contributed by atoms with Gasteiger partial charge in [-0.1, -0.05) is 0 Å². The van der Waals surface area contributed by atoms with Crippen LogP contribution in [0.2, 0.25) is 0 Å². The molecule has 0 bridgehead atoms. The van der Waals surface area contributed by atoms with Crippen molar-refractivity contribution in [3.8, 4) is 0 Å². The van der Waals surface area contributed by atoms with Gasteiger partial charge in [0.15, 0.2) is 0 Å². The molecule has 0 radical (unpaired) electrons. The minimum Gasteiger partial charge on any atom is 0 e. The maximum absolute atomic E-state index is 8.82. The minimum absolute atomic E-state index is 0. The predicted molar refractivity (Wildman–Crippen MR) is 13.8 cm³/mol. The van der Waals surface area contributed by atoms with Crippen LogP contribution in [0.3, 0.4) is 0 Å². The Hall–Kier alpha value is 2.25. The Labute approximate surface area is 98.9 Å². The molecule has 0 aromatic carbocycles. The van der Waals surface area contributed by atoms with Crippen molar-refractivity contribution in [2.45, 2.75) is 0 Å². The zero-order valence-electron chi connectivity index (χ0n) is 5.53. The number of hydrogen-bond acceptors (Lipinski definition) is 2. The molecular formula is H4BaCrO4Zn. The molecule has 0 saturated heterocycles. The van der Waals surface area contributed by atoms with Gasteiger partial charge in [-0.15, -0.1) is 0 Å². The molecule has 0 aromatic heterocycles. The minimum atomic E-state index is -5.25. The second-order valence-corrected chi connectivity index (χ2v) is 1.85. The van der Waals surface area contributed by atoms with Crippen molar-refractivity contribution in [2.75, 3.05) is 0 Å². The summed E-state index contributed by atoms with van der Waals surface area (Å²) in [5.41, 5.74) is 0.